The van der Waals surface area contributed by atoms with Crippen LogP contribution < -0.4 is 5.32 Å². The summed E-state index contributed by atoms with van der Waals surface area (Å²) >= 11 is 6.34. The average molecular weight is 458 g/mol. The smallest absolute Gasteiger partial charge is 0.342 e. The highest BCUT2D eigenvalue weighted by atomic mass is 35.5. The standard InChI is InChI=1S/C24H19ClF3N3O/c1-15(29-23(32)16-8-6-9-18(13-16)24(26,27)28)22-30-20-11-4-5-12-21(20)31(22)14-17-7-2-3-10-19(17)25/h2-13,15H,14H2,1H3,(H,29,32)/t15-/m1/s1. The second kappa shape index (κ2) is 8.67. The van der Waals surface area contributed by atoms with Crippen LogP contribution in [0.15, 0.2) is 72.8 Å². The van der Waals surface area contributed by atoms with Gasteiger partial charge in [0, 0.05) is 10.6 Å². The van der Waals surface area contributed by atoms with Crippen molar-refractivity contribution in [2.75, 3.05) is 0 Å². The number of carbonyl (C=O) groups is 1. The fourth-order valence-electron chi connectivity index (χ4n) is 3.57. The molecule has 8 heteroatoms. The molecule has 0 aliphatic rings. The van der Waals surface area contributed by atoms with E-state index in [4.69, 9.17) is 11.6 Å². The highest BCUT2D eigenvalue weighted by molar-refractivity contribution is 6.31. The number of hydrogen-bond acceptors (Lipinski definition) is 2. The molecule has 1 amide bonds. The lowest BCUT2D eigenvalue weighted by atomic mass is 10.1. The molecule has 1 aromatic heterocycles. The minimum absolute atomic E-state index is 0.0690. The van der Waals surface area contributed by atoms with Crippen LogP contribution in [0.1, 0.15) is 40.3 Å². The summed E-state index contributed by atoms with van der Waals surface area (Å²) in [6, 6.07) is 18.8. The van der Waals surface area contributed by atoms with Crippen LogP contribution in [0.2, 0.25) is 5.02 Å². The van der Waals surface area contributed by atoms with Crippen LogP contribution in [-0.2, 0) is 12.7 Å². The molecule has 0 saturated heterocycles. The number of nitrogens with one attached hydrogen (secondary N) is 1. The number of para-hydroxylation sites is 2. The molecule has 32 heavy (non-hydrogen) atoms. The van der Waals surface area contributed by atoms with Crippen molar-refractivity contribution in [3.8, 4) is 0 Å². The molecule has 0 aliphatic carbocycles. The number of fused-ring (bicyclic) bond motifs is 1. The molecule has 4 aromatic rings. The molecule has 1 atom stereocenters. The van der Waals surface area contributed by atoms with Crippen LogP contribution in [0.3, 0.4) is 0 Å². The van der Waals surface area contributed by atoms with E-state index < -0.39 is 23.7 Å². The normalized spacial score (nSPS) is 12.7. The van der Waals surface area contributed by atoms with Crippen LogP contribution in [0, 0.1) is 0 Å². The van der Waals surface area contributed by atoms with Gasteiger partial charge in [-0.25, -0.2) is 4.98 Å². The number of nitrogens with zero attached hydrogens (tertiary/aromatic N) is 2. The van der Waals surface area contributed by atoms with Gasteiger partial charge < -0.3 is 9.88 Å². The van der Waals surface area contributed by atoms with Gasteiger partial charge in [-0.05, 0) is 48.9 Å². The molecule has 4 rings (SSSR count). The molecule has 1 heterocycles. The van der Waals surface area contributed by atoms with Gasteiger partial charge in [0.05, 0.1) is 29.2 Å². The number of amides is 1. The molecule has 3 aromatic carbocycles. The molecule has 0 spiro atoms. The van der Waals surface area contributed by atoms with Crippen LogP contribution in [0.4, 0.5) is 13.2 Å². The second-order valence-corrected chi connectivity index (χ2v) is 7.82. The van der Waals surface area contributed by atoms with Gasteiger partial charge in [0.1, 0.15) is 5.82 Å². The van der Waals surface area contributed by atoms with E-state index in [1.165, 1.54) is 12.1 Å². The SMILES string of the molecule is C[C@@H](NC(=O)c1cccc(C(F)(F)F)c1)c1nc2ccccc2n1Cc1ccccc1Cl. The predicted octanol–water partition coefficient (Wildman–Crippen LogP) is 6.25. The average Bonchev–Trinajstić information content (AvgIpc) is 3.13. The van der Waals surface area contributed by atoms with Crippen LogP contribution in [0.25, 0.3) is 11.0 Å². The molecule has 0 aliphatic heterocycles. The van der Waals surface area contributed by atoms with E-state index in [0.29, 0.717) is 17.4 Å². The largest absolute Gasteiger partial charge is 0.416 e. The van der Waals surface area contributed by atoms with Crippen molar-refractivity contribution in [1.29, 1.82) is 0 Å². The molecular formula is C24H19ClF3N3O. The summed E-state index contributed by atoms with van der Waals surface area (Å²) in [7, 11) is 0. The van der Waals surface area contributed by atoms with Crippen LogP contribution in [0.5, 0.6) is 0 Å². The van der Waals surface area contributed by atoms with Gasteiger partial charge in [-0.2, -0.15) is 13.2 Å². The summed E-state index contributed by atoms with van der Waals surface area (Å²) in [6.45, 7) is 2.18. The molecule has 0 radical (unpaired) electrons. The third-order valence-electron chi connectivity index (χ3n) is 5.16. The van der Waals surface area contributed by atoms with E-state index in [1.807, 2.05) is 47.0 Å². The van der Waals surface area contributed by atoms with Crippen LogP contribution in [-0.4, -0.2) is 15.5 Å². The Hall–Kier alpha value is -3.32. The maximum atomic E-state index is 13.0. The van der Waals surface area contributed by atoms with Crippen LogP contribution >= 0.6 is 11.6 Å². The third kappa shape index (κ3) is 4.48. The molecule has 0 saturated carbocycles. The first kappa shape index (κ1) is 21.9. The topological polar surface area (TPSA) is 46.9 Å². The van der Waals surface area contributed by atoms with E-state index in [-0.39, 0.29) is 5.56 Å². The summed E-state index contributed by atoms with van der Waals surface area (Å²) < 4.78 is 41.0. The molecule has 1 N–H and O–H groups in total. The van der Waals surface area contributed by atoms with Crippen molar-refractivity contribution in [3.63, 3.8) is 0 Å². The zero-order chi connectivity index (χ0) is 22.9. The predicted molar refractivity (Wildman–Crippen MR) is 118 cm³/mol. The molecule has 4 nitrogen and oxygen atoms in total. The van der Waals surface area contributed by atoms with Crippen molar-refractivity contribution in [3.05, 3.63) is 100 Å². The minimum atomic E-state index is -4.52. The summed E-state index contributed by atoms with van der Waals surface area (Å²) in [5.41, 5.74) is 1.55. The molecule has 164 valence electrons. The lowest BCUT2D eigenvalue weighted by Crippen LogP contribution is -2.29. The van der Waals surface area contributed by atoms with Crippen molar-refractivity contribution < 1.29 is 18.0 Å². The summed E-state index contributed by atoms with van der Waals surface area (Å²) in [5, 5.41) is 3.38. The summed E-state index contributed by atoms with van der Waals surface area (Å²) in [6.07, 6.45) is -4.52. The molecule has 0 unspecified atom stereocenters. The van der Waals surface area contributed by atoms with Gasteiger partial charge in [-0.15, -0.1) is 0 Å². The third-order valence-corrected chi connectivity index (χ3v) is 5.53. The number of alkyl halides is 3. The van der Waals surface area contributed by atoms with Crippen molar-refractivity contribution in [2.45, 2.75) is 25.7 Å². The van der Waals surface area contributed by atoms with Gasteiger partial charge in [-0.1, -0.05) is 48.0 Å². The van der Waals surface area contributed by atoms with E-state index in [0.717, 1.165) is 28.7 Å². The molecular weight excluding hydrogens is 439 g/mol. The monoisotopic (exact) mass is 457 g/mol. The maximum absolute atomic E-state index is 13.0. The number of benzene rings is 3. The summed E-state index contributed by atoms with van der Waals surface area (Å²) in [4.78, 5) is 17.4. The van der Waals surface area contributed by atoms with E-state index >= 15 is 0 Å². The Kier molecular flexibility index (Phi) is 5.93. The van der Waals surface area contributed by atoms with Crippen molar-refractivity contribution in [1.82, 2.24) is 14.9 Å². The van der Waals surface area contributed by atoms with Gasteiger partial charge in [-0.3, -0.25) is 4.79 Å². The van der Waals surface area contributed by atoms with Gasteiger partial charge >= 0.3 is 6.18 Å². The number of rotatable bonds is 5. The maximum Gasteiger partial charge on any atom is 0.416 e. The number of carbonyl (C=O) groups excluding carboxylic acids is 1. The summed E-state index contributed by atoms with van der Waals surface area (Å²) in [5.74, 6) is -0.0357. The molecule has 0 fully saturated rings. The lowest BCUT2D eigenvalue weighted by molar-refractivity contribution is -0.137. The van der Waals surface area contributed by atoms with E-state index in [1.54, 1.807) is 13.0 Å². The zero-order valence-electron chi connectivity index (χ0n) is 17.0. The Balaban J connectivity index is 1.66. The van der Waals surface area contributed by atoms with E-state index in [2.05, 4.69) is 10.3 Å². The second-order valence-electron chi connectivity index (χ2n) is 7.41. The van der Waals surface area contributed by atoms with Crippen molar-refractivity contribution in [2.24, 2.45) is 0 Å². The van der Waals surface area contributed by atoms with Gasteiger partial charge in [0.15, 0.2) is 0 Å². The first-order valence-corrected chi connectivity index (χ1v) is 10.3. The minimum Gasteiger partial charge on any atom is -0.342 e. The highest BCUT2D eigenvalue weighted by Gasteiger charge is 2.31. The van der Waals surface area contributed by atoms with E-state index in [9.17, 15) is 18.0 Å². The quantitative estimate of drug-likeness (QED) is 0.385. The Morgan fingerprint density at radius 2 is 1.78 bits per heavy atom. The Morgan fingerprint density at radius 1 is 1.06 bits per heavy atom. The fraction of sp³-hybridized carbons (Fsp3) is 0.167. The Morgan fingerprint density at radius 3 is 2.53 bits per heavy atom. The number of aromatic nitrogens is 2. The number of halogens is 4. The highest BCUT2D eigenvalue weighted by Crippen LogP contribution is 2.30. The fourth-order valence-corrected chi connectivity index (χ4v) is 3.76. The van der Waals surface area contributed by atoms with Crippen molar-refractivity contribution >= 4 is 28.5 Å². The Bertz CT molecular complexity index is 1280. The first-order chi connectivity index (χ1) is 15.2. The molecule has 0 bridgehead atoms. The first-order valence-electron chi connectivity index (χ1n) is 9.91. The van der Waals surface area contributed by atoms with Gasteiger partial charge in [0.2, 0.25) is 0 Å². The number of hydrogen-bond donors (Lipinski definition) is 1. The number of imidazole rings is 1. The Labute approximate surface area is 187 Å². The van der Waals surface area contributed by atoms with Gasteiger partial charge in [0.25, 0.3) is 5.91 Å². The zero-order valence-corrected chi connectivity index (χ0v) is 17.8. The lowest BCUT2D eigenvalue weighted by Gasteiger charge is -2.17.